The van der Waals surface area contributed by atoms with Gasteiger partial charge in [0.1, 0.15) is 22.0 Å². The third kappa shape index (κ3) is 8.71. The molecule has 0 bridgehead atoms. The van der Waals surface area contributed by atoms with E-state index in [1.54, 1.807) is 10.8 Å². The Labute approximate surface area is 135 Å². The van der Waals surface area contributed by atoms with Gasteiger partial charge in [-0.05, 0) is 0 Å². The van der Waals surface area contributed by atoms with E-state index in [-0.39, 0.29) is 48.3 Å². The zero-order valence-corrected chi connectivity index (χ0v) is 15.2. The third-order valence-corrected chi connectivity index (χ3v) is 2.72. The first-order valence-corrected chi connectivity index (χ1v) is 5.59. The van der Waals surface area contributed by atoms with Crippen LogP contribution in [-0.4, -0.2) is 21.9 Å². The molecule has 8 nitrogen and oxygen atoms in total. The second kappa shape index (κ2) is 12.1. The van der Waals surface area contributed by atoms with Gasteiger partial charge in [0.05, 0.1) is 0 Å². The summed E-state index contributed by atoms with van der Waals surface area (Å²) in [5, 5.41) is 23.0. The van der Waals surface area contributed by atoms with Crippen LogP contribution in [0.25, 0.3) is 0 Å². The van der Waals surface area contributed by atoms with Gasteiger partial charge in [0.25, 0.3) is 0 Å². The van der Waals surface area contributed by atoms with Crippen molar-refractivity contribution in [3.05, 3.63) is 33.2 Å². The maximum atomic E-state index is 9.90. The van der Waals surface area contributed by atoms with Crippen molar-refractivity contribution in [1.29, 1.82) is 0 Å². The van der Waals surface area contributed by atoms with Gasteiger partial charge in [0.15, 0.2) is 0 Å². The second-order valence-corrected chi connectivity index (χ2v) is 4.04. The van der Waals surface area contributed by atoms with E-state index in [0.717, 1.165) is 22.7 Å². The van der Waals surface area contributed by atoms with Crippen molar-refractivity contribution in [1.82, 2.24) is 9.97 Å². The predicted octanol–water partition coefficient (Wildman–Crippen LogP) is -2.83. The molecule has 11 heteroatoms. The number of carboxylic acid groups (broad SMARTS) is 2. The van der Waals surface area contributed by atoms with Crippen molar-refractivity contribution in [3.8, 4) is 0 Å². The SMILES string of the molecule is O=C([O-])c1nccs1.O=C([O-])c1nccs1.[Cd+2].[OH3+].[OH3+]. The fraction of sp³-hybridized carbons (Fsp3) is 0. The number of nitrogens with zero attached hydrogens (tertiary/aromatic N) is 2. The zero-order valence-electron chi connectivity index (χ0n) is 9.52. The molecule has 0 unspecified atom stereocenters. The maximum Gasteiger partial charge on any atom is 2.00 e. The number of carbonyl (C=O) groups is 2. The van der Waals surface area contributed by atoms with Gasteiger partial charge in [-0.3, -0.25) is 0 Å². The van der Waals surface area contributed by atoms with E-state index >= 15 is 0 Å². The summed E-state index contributed by atoms with van der Waals surface area (Å²) in [6, 6.07) is 0. The first-order valence-electron chi connectivity index (χ1n) is 3.83. The van der Waals surface area contributed by atoms with E-state index in [9.17, 15) is 19.8 Å². The predicted molar refractivity (Wildman–Crippen MR) is 62.6 cm³/mol. The molecule has 19 heavy (non-hydrogen) atoms. The summed E-state index contributed by atoms with van der Waals surface area (Å²) in [7, 11) is 0. The van der Waals surface area contributed by atoms with Crippen molar-refractivity contribution in [2.24, 2.45) is 0 Å². The van der Waals surface area contributed by atoms with E-state index < -0.39 is 11.9 Å². The number of aromatic nitrogens is 2. The number of carboxylic acids is 2. The minimum Gasteiger partial charge on any atom is -0.542 e. The zero-order chi connectivity index (χ0) is 12.0. The van der Waals surface area contributed by atoms with E-state index in [2.05, 4.69) is 9.97 Å². The molecular weight excluding hydrogens is 397 g/mol. The van der Waals surface area contributed by atoms with Crippen LogP contribution in [0, 0.1) is 0 Å². The van der Waals surface area contributed by atoms with Crippen LogP contribution in [0.15, 0.2) is 23.2 Å². The van der Waals surface area contributed by atoms with Crippen LogP contribution in [0.5, 0.6) is 0 Å². The summed E-state index contributed by atoms with van der Waals surface area (Å²) < 4.78 is 0. The normalized spacial score (nSPS) is 7.58. The molecule has 0 aliphatic heterocycles. The minimum absolute atomic E-state index is 0. The van der Waals surface area contributed by atoms with E-state index in [0.29, 0.717) is 0 Å². The molecular formula is C8H10CdN2O6S2+2. The van der Waals surface area contributed by atoms with Crippen LogP contribution >= 0.6 is 22.7 Å². The van der Waals surface area contributed by atoms with Gasteiger partial charge in [-0.25, -0.2) is 9.97 Å². The quantitative estimate of drug-likeness (QED) is 0.384. The second-order valence-electron chi connectivity index (χ2n) is 2.25. The summed E-state index contributed by atoms with van der Waals surface area (Å²) >= 11 is 2.12. The smallest absolute Gasteiger partial charge is 0.542 e. The van der Waals surface area contributed by atoms with Crippen LogP contribution in [0.3, 0.4) is 0 Å². The number of hydrogen-bond acceptors (Lipinski definition) is 8. The largest absolute Gasteiger partial charge is 2.00 e. The fourth-order valence-electron chi connectivity index (χ4n) is 0.649. The Hall–Kier alpha value is -0.958. The molecule has 100 valence electrons. The van der Waals surface area contributed by atoms with Gasteiger partial charge in [-0.15, -0.1) is 22.7 Å². The number of carbonyl (C=O) groups excluding carboxylic acids is 2. The van der Waals surface area contributed by atoms with Crippen molar-refractivity contribution in [2.45, 2.75) is 0 Å². The van der Waals surface area contributed by atoms with Gasteiger partial charge < -0.3 is 30.8 Å². The van der Waals surface area contributed by atoms with Crippen LogP contribution in [0.2, 0.25) is 0 Å². The topological polar surface area (TPSA) is 172 Å². The molecule has 0 radical (unpaired) electrons. The maximum absolute atomic E-state index is 9.90. The van der Waals surface area contributed by atoms with Gasteiger partial charge in [-0.2, -0.15) is 0 Å². The van der Waals surface area contributed by atoms with Crippen molar-refractivity contribution < 1.29 is 58.1 Å². The van der Waals surface area contributed by atoms with E-state index in [1.807, 2.05) is 0 Å². The average Bonchev–Trinajstić information content (AvgIpc) is 2.93. The Bertz CT molecular complexity index is 417. The van der Waals surface area contributed by atoms with Crippen molar-refractivity contribution in [2.75, 3.05) is 0 Å². The minimum atomic E-state index is -1.21. The Morgan fingerprint density at radius 2 is 1.21 bits per heavy atom. The van der Waals surface area contributed by atoms with Crippen LogP contribution in [0.1, 0.15) is 19.6 Å². The van der Waals surface area contributed by atoms with Crippen LogP contribution in [-0.2, 0) is 38.3 Å². The van der Waals surface area contributed by atoms with Gasteiger partial charge in [-0.1, -0.05) is 0 Å². The third-order valence-electron chi connectivity index (χ3n) is 1.21. The summed E-state index contributed by atoms with van der Waals surface area (Å²) in [4.78, 5) is 26.7. The molecule has 0 atom stereocenters. The molecule has 0 spiro atoms. The summed E-state index contributed by atoms with van der Waals surface area (Å²) in [5.41, 5.74) is 0. The molecule has 2 rings (SSSR count). The Morgan fingerprint density at radius 1 is 0.895 bits per heavy atom. The summed E-state index contributed by atoms with van der Waals surface area (Å²) in [6.07, 6.45) is 2.85. The summed E-state index contributed by atoms with van der Waals surface area (Å²) in [6.45, 7) is 0. The Balaban J connectivity index is -0.000000233. The Morgan fingerprint density at radius 3 is 1.32 bits per heavy atom. The van der Waals surface area contributed by atoms with Crippen molar-refractivity contribution in [3.63, 3.8) is 0 Å². The number of thiazole rings is 2. The molecule has 0 saturated carbocycles. The van der Waals surface area contributed by atoms with Gasteiger partial charge in [0, 0.05) is 23.2 Å². The molecule has 0 aliphatic carbocycles. The number of aromatic carboxylic acids is 2. The molecule has 6 N–H and O–H groups in total. The monoisotopic (exact) mass is 408 g/mol. The number of rotatable bonds is 2. The Kier molecular flexibility index (Phi) is 14.7. The average molecular weight is 407 g/mol. The van der Waals surface area contributed by atoms with E-state index in [1.165, 1.54) is 12.4 Å². The van der Waals surface area contributed by atoms with Crippen LogP contribution < -0.4 is 10.2 Å². The standard InChI is InChI=1S/2C4H3NO2S.Cd.2H2O/c2*6-4(7)3-5-1-2-8-3;;;/h2*1-2H,(H,6,7);;2*1H2/q;;+2;;. The fourth-order valence-corrected chi connectivity index (χ4v) is 1.59. The molecule has 0 fully saturated rings. The first kappa shape index (κ1) is 23.2. The molecule has 0 saturated heterocycles. The summed E-state index contributed by atoms with van der Waals surface area (Å²) in [5.74, 6) is -2.42. The van der Waals surface area contributed by atoms with Crippen molar-refractivity contribution >= 4 is 34.6 Å². The van der Waals surface area contributed by atoms with Crippen LogP contribution in [0.4, 0.5) is 0 Å². The molecule has 0 aromatic carbocycles. The molecule has 2 aromatic rings. The molecule has 2 heterocycles. The molecule has 0 aliphatic rings. The van der Waals surface area contributed by atoms with E-state index in [4.69, 9.17) is 0 Å². The first-order chi connectivity index (χ1) is 7.61. The van der Waals surface area contributed by atoms with Gasteiger partial charge in [0.2, 0.25) is 0 Å². The number of hydrogen-bond donors (Lipinski definition) is 0. The van der Waals surface area contributed by atoms with Gasteiger partial charge >= 0.3 is 27.3 Å². The molecule has 0 amide bonds. The molecule has 2 aromatic heterocycles.